The number of nitrogen functional groups attached to an aromatic ring is 1. The summed E-state index contributed by atoms with van der Waals surface area (Å²) in [5.74, 6) is 0.441. The number of rotatable bonds is 10. The molecule has 0 amide bonds. The fourth-order valence-electron chi connectivity index (χ4n) is 12.9. The molecule has 3 saturated carbocycles. The normalized spacial score (nSPS) is 42.6. The van der Waals surface area contributed by atoms with E-state index >= 15 is 0 Å². The quantitative estimate of drug-likeness (QED) is 0.254. The lowest BCUT2D eigenvalue weighted by Crippen LogP contribution is -2.70. The van der Waals surface area contributed by atoms with E-state index < -0.39 is 17.3 Å². The summed E-state index contributed by atoms with van der Waals surface area (Å²) in [6, 6.07) is -0.155. The molecule has 6 rings (SSSR count). The van der Waals surface area contributed by atoms with Gasteiger partial charge in [-0.05, 0) is 116 Å². The molecule has 1 aliphatic heterocycles. The van der Waals surface area contributed by atoms with Gasteiger partial charge in [-0.25, -0.2) is 0 Å². The second-order valence-corrected chi connectivity index (χ2v) is 18.7. The molecule has 4 fully saturated rings. The van der Waals surface area contributed by atoms with E-state index in [4.69, 9.17) is 15.2 Å². The highest BCUT2D eigenvalue weighted by Gasteiger charge is 2.73. The molecule has 2 bridgehead atoms. The maximum Gasteiger partial charge on any atom is 0.307 e. The van der Waals surface area contributed by atoms with Crippen LogP contribution < -0.4 is 5.73 Å². The highest BCUT2D eigenvalue weighted by atomic mass is 16.5. The van der Waals surface area contributed by atoms with Crippen LogP contribution in [-0.2, 0) is 14.3 Å². The SMILES string of the molecule is CCC(CC)(CO[C@H]1[C@H](n2nnc(N)n2)C[C@]2(C)COC[C@@]13C1=CC[C@@]4(C)[C@H](C(=O)O)[C@@](C)([C@H](C)C(C)C)CC[C@]4(C)[C@H]1CC[C@H]23)N(C)C. The number of nitrogens with zero attached hydrogens (tertiary/aromatic N) is 5. The summed E-state index contributed by atoms with van der Waals surface area (Å²) < 4.78 is 14.2. The van der Waals surface area contributed by atoms with Gasteiger partial charge in [0.25, 0.3) is 5.95 Å². The number of nitrogens with two attached hydrogens (primary N) is 1. The molecular weight excluding hydrogens is 616 g/mol. The van der Waals surface area contributed by atoms with Crippen LogP contribution in [0.25, 0.3) is 0 Å². The summed E-state index contributed by atoms with van der Waals surface area (Å²) >= 11 is 0. The molecule has 0 aromatic carbocycles. The van der Waals surface area contributed by atoms with E-state index in [2.05, 4.69) is 103 Å². The first-order valence-electron chi connectivity index (χ1n) is 19.3. The third-order valence-electron chi connectivity index (χ3n) is 16.5. The van der Waals surface area contributed by atoms with Crippen molar-refractivity contribution in [2.45, 2.75) is 131 Å². The molecule has 1 aromatic rings. The van der Waals surface area contributed by atoms with Crippen molar-refractivity contribution in [2.75, 3.05) is 39.6 Å². The van der Waals surface area contributed by atoms with Crippen molar-refractivity contribution in [1.82, 2.24) is 25.1 Å². The minimum Gasteiger partial charge on any atom is -0.481 e. The third-order valence-corrected chi connectivity index (χ3v) is 16.5. The average Bonchev–Trinajstić information content (AvgIpc) is 3.48. The first kappa shape index (κ1) is 36.7. The number of aliphatic carboxylic acids is 1. The predicted molar refractivity (Wildman–Crippen MR) is 192 cm³/mol. The van der Waals surface area contributed by atoms with E-state index in [1.165, 1.54) is 5.57 Å². The lowest BCUT2D eigenvalue weighted by Gasteiger charge is -2.71. The molecule has 0 unspecified atom stereocenters. The van der Waals surface area contributed by atoms with Crippen LogP contribution in [0.5, 0.6) is 0 Å². The zero-order chi connectivity index (χ0) is 35.9. The largest absolute Gasteiger partial charge is 0.481 e. The molecule has 0 radical (unpaired) electrons. The Labute approximate surface area is 295 Å². The summed E-state index contributed by atoms with van der Waals surface area (Å²) in [4.78, 5) is 17.6. The summed E-state index contributed by atoms with van der Waals surface area (Å²) in [7, 11) is 4.32. The Morgan fingerprint density at radius 3 is 2.39 bits per heavy atom. The van der Waals surface area contributed by atoms with Gasteiger partial charge >= 0.3 is 5.97 Å². The Kier molecular flexibility index (Phi) is 9.21. The molecule has 10 heteroatoms. The van der Waals surface area contributed by atoms with Gasteiger partial charge in [-0.3, -0.25) is 4.79 Å². The van der Waals surface area contributed by atoms with Crippen LogP contribution in [0.2, 0.25) is 0 Å². The van der Waals surface area contributed by atoms with E-state index in [1.807, 2.05) is 0 Å². The summed E-state index contributed by atoms with van der Waals surface area (Å²) in [6.07, 6.45) is 9.85. The predicted octanol–water partition coefficient (Wildman–Crippen LogP) is 6.89. The van der Waals surface area contributed by atoms with Gasteiger partial charge in [-0.2, -0.15) is 4.80 Å². The second kappa shape index (κ2) is 12.3. The van der Waals surface area contributed by atoms with Crippen molar-refractivity contribution in [2.24, 2.45) is 56.7 Å². The number of aromatic nitrogens is 4. The zero-order valence-corrected chi connectivity index (χ0v) is 32.4. The fraction of sp³-hybridized carbons (Fsp3) is 0.897. The minimum absolute atomic E-state index is 0.103. The van der Waals surface area contributed by atoms with Crippen LogP contribution in [-0.4, -0.2) is 81.7 Å². The van der Waals surface area contributed by atoms with Crippen LogP contribution >= 0.6 is 0 Å². The standard InChI is InChI=1S/C39H66N6O4/c1-12-38(13-2,44(10)11)22-49-31-28(45-42-33(40)41-43-45)20-34(6)21-48-23-39(31)27-16-17-37(9)30(32(46)47)35(7,25(5)24(3)4)18-19-36(37,8)26(27)14-15-29(34)39/h16,24-26,28-31H,12-15,17-23H2,1-11H3,(H2,40,42)(H,46,47)/t25-,26+,28-,29-,30-,31+,34-,35-,36-,37+,39+/m1/s1. The number of carboxylic acids is 1. The Balaban J connectivity index is 1.52. The number of likely N-dealkylation sites (N-methyl/N-ethyl adjacent to an activating group) is 1. The maximum atomic E-state index is 13.5. The molecule has 11 atom stereocenters. The molecule has 5 aliphatic rings. The van der Waals surface area contributed by atoms with Gasteiger partial charge in [0.05, 0.1) is 31.8 Å². The average molecular weight is 683 g/mol. The summed E-state index contributed by atoms with van der Waals surface area (Å²) in [5, 5.41) is 24.4. The van der Waals surface area contributed by atoms with Gasteiger partial charge in [-0.1, -0.05) is 79.1 Å². The smallest absolute Gasteiger partial charge is 0.307 e. The monoisotopic (exact) mass is 683 g/mol. The molecule has 1 aromatic heterocycles. The second-order valence-electron chi connectivity index (χ2n) is 18.7. The number of anilines is 1. The van der Waals surface area contributed by atoms with E-state index in [0.29, 0.717) is 37.6 Å². The van der Waals surface area contributed by atoms with Gasteiger partial charge in [0.15, 0.2) is 0 Å². The van der Waals surface area contributed by atoms with Crippen molar-refractivity contribution in [1.29, 1.82) is 0 Å². The summed E-state index contributed by atoms with van der Waals surface area (Å²) in [6.45, 7) is 22.6. The van der Waals surface area contributed by atoms with E-state index in [0.717, 1.165) is 51.4 Å². The number of hydrogen-bond acceptors (Lipinski definition) is 8. The van der Waals surface area contributed by atoms with Crippen molar-refractivity contribution in [3.8, 4) is 0 Å². The molecule has 49 heavy (non-hydrogen) atoms. The van der Waals surface area contributed by atoms with E-state index in [1.54, 1.807) is 4.80 Å². The Hall–Kier alpha value is -2.04. The van der Waals surface area contributed by atoms with Crippen LogP contribution in [0.15, 0.2) is 11.6 Å². The Morgan fingerprint density at radius 1 is 1.12 bits per heavy atom. The highest BCUT2D eigenvalue weighted by molar-refractivity contribution is 5.73. The van der Waals surface area contributed by atoms with Crippen molar-refractivity contribution in [3.05, 3.63) is 11.6 Å². The number of tetrazole rings is 1. The molecular formula is C39H66N6O4. The minimum atomic E-state index is -0.631. The molecule has 0 spiro atoms. The Morgan fingerprint density at radius 2 is 1.82 bits per heavy atom. The number of fused-ring (bicyclic) bond motifs is 3. The molecule has 10 nitrogen and oxygen atoms in total. The first-order valence-corrected chi connectivity index (χ1v) is 19.3. The molecule has 276 valence electrons. The zero-order valence-electron chi connectivity index (χ0n) is 32.4. The van der Waals surface area contributed by atoms with Gasteiger partial charge in [0.1, 0.15) is 6.04 Å². The number of carbonyl (C=O) groups is 1. The van der Waals surface area contributed by atoms with Crippen molar-refractivity contribution in [3.63, 3.8) is 0 Å². The molecule has 1 saturated heterocycles. The first-order chi connectivity index (χ1) is 22.9. The van der Waals surface area contributed by atoms with Crippen molar-refractivity contribution >= 4 is 11.9 Å². The topological polar surface area (TPSA) is 129 Å². The highest BCUT2D eigenvalue weighted by Crippen LogP contribution is 2.75. The van der Waals surface area contributed by atoms with Gasteiger partial charge in [0, 0.05) is 11.0 Å². The maximum absolute atomic E-state index is 13.5. The van der Waals surface area contributed by atoms with Crippen LogP contribution in [0, 0.1) is 56.7 Å². The van der Waals surface area contributed by atoms with Crippen LogP contribution in [0.3, 0.4) is 0 Å². The van der Waals surface area contributed by atoms with Gasteiger partial charge in [0.2, 0.25) is 0 Å². The lowest BCUT2D eigenvalue weighted by molar-refractivity contribution is -0.257. The lowest BCUT2D eigenvalue weighted by atomic mass is 9.34. The summed E-state index contributed by atoms with van der Waals surface area (Å²) in [5.41, 5.74) is 6.10. The molecule has 3 N–H and O–H groups in total. The number of allylic oxidation sites excluding steroid dienone is 1. The van der Waals surface area contributed by atoms with Crippen LogP contribution in [0.1, 0.15) is 120 Å². The van der Waals surface area contributed by atoms with E-state index in [-0.39, 0.29) is 51.2 Å². The van der Waals surface area contributed by atoms with Gasteiger partial charge in [-0.15, -0.1) is 5.10 Å². The van der Waals surface area contributed by atoms with Gasteiger partial charge < -0.3 is 25.2 Å². The molecule has 4 aliphatic carbocycles. The van der Waals surface area contributed by atoms with Crippen LogP contribution in [0.4, 0.5) is 5.95 Å². The number of ether oxygens (including phenoxy) is 2. The third kappa shape index (κ3) is 5.02. The van der Waals surface area contributed by atoms with Crippen molar-refractivity contribution < 1.29 is 19.4 Å². The molecule has 2 heterocycles. The Bertz CT molecular complexity index is 1440. The fourth-order valence-corrected chi connectivity index (χ4v) is 12.9. The number of carboxylic acid groups (broad SMARTS) is 1. The van der Waals surface area contributed by atoms with E-state index in [9.17, 15) is 9.90 Å². The number of hydrogen-bond donors (Lipinski definition) is 2.